The van der Waals surface area contributed by atoms with Crippen LogP contribution in [0.3, 0.4) is 0 Å². The van der Waals surface area contributed by atoms with Gasteiger partial charge in [-0.2, -0.15) is 0 Å². The van der Waals surface area contributed by atoms with E-state index in [4.69, 9.17) is 4.74 Å². The number of hydrogen-bond donors (Lipinski definition) is 0. The number of nitrogens with zero attached hydrogens (tertiary/aromatic N) is 1. The van der Waals surface area contributed by atoms with E-state index in [1.54, 1.807) is 12.3 Å². The zero-order valence-corrected chi connectivity index (χ0v) is 14.4. The molecule has 0 N–H and O–H groups in total. The molecule has 0 fully saturated rings. The van der Waals surface area contributed by atoms with Gasteiger partial charge in [0.1, 0.15) is 5.82 Å². The normalized spacial score (nSPS) is 11.9. The molecule has 0 aliphatic heterocycles. The highest BCUT2D eigenvalue weighted by Gasteiger charge is 2.24. The van der Waals surface area contributed by atoms with Crippen LogP contribution in [-0.2, 0) is 4.74 Å². The van der Waals surface area contributed by atoms with Crippen LogP contribution in [0.2, 0.25) is 0 Å². The van der Waals surface area contributed by atoms with Gasteiger partial charge in [-0.1, -0.05) is 66.7 Å². The Morgan fingerprint density at radius 2 is 1.56 bits per heavy atom. The summed E-state index contributed by atoms with van der Waals surface area (Å²) in [6.45, 7) is 0. The number of fused-ring (bicyclic) bond motifs is 1. The van der Waals surface area contributed by atoms with Crippen LogP contribution < -0.4 is 0 Å². The van der Waals surface area contributed by atoms with Gasteiger partial charge in [-0.15, -0.1) is 0 Å². The summed E-state index contributed by atoms with van der Waals surface area (Å²) in [6, 6.07) is 24.8. The average Bonchev–Trinajstić information content (AvgIpc) is 2.72. The molecular formula is C23H16FNO2. The van der Waals surface area contributed by atoms with Crippen molar-refractivity contribution in [1.82, 2.24) is 4.98 Å². The highest BCUT2D eigenvalue weighted by atomic mass is 19.1. The molecular weight excluding hydrogens is 341 g/mol. The summed E-state index contributed by atoms with van der Waals surface area (Å²) in [6.07, 6.45) is 0.939. The van der Waals surface area contributed by atoms with Gasteiger partial charge in [0.15, 0.2) is 6.10 Å². The van der Waals surface area contributed by atoms with Gasteiger partial charge in [-0.05, 0) is 29.1 Å². The minimum absolute atomic E-state index is 0.0985. The van der Waals surface area contributed by atoms with Gasteiger partial charge in [-0.25, -0.2) is 9.18 Å². The van der Waals surface area contributed by atoms with Gasteiger partial charge in [0.25, 0.3) is 0 Å². The molecule has 0 unspecified atom stereocenters. The predicted molar refractivity (Wildman–Crippen MR) is 102 cm³/mol. The third-order valence-electron chi connectivity index (χ3n) is 4.37. The molecule has 132 valence electrons. The summed E-state index contributed by atoms with van der Waals surface area (Å²) < 4.78 is 19.8. The number of carbonyl (C=O) groups excluding carboxylic acids is 1. The molecule has 1 heterocycles. The zero-order valence-electron chi connectivity index (χ0n) is 14.4. The summed E-state index contributed by atoms with van der Waals surface area (Å²) in [5.74, 6) is -1.34. The van der Waals surface area contributed by atoms with E-state index < -0.39 is 17.9 Å². The van der Waals surface area contributed by atoms with Gasteiger partial charge in [0.05, 0.1) is 11.3 Å². The summed E-state index contributed by atoms with van der Waals surface area (Å²) in [5, 5.41) is 1.88. The van der Waals surface area contributed by atoms with Gasteiger partial charge in [0, 0.05) is 11.6 Å². The summed E-state index contributed by atoms with van der Waals surface area (Å²) in [4.78, 5) is 17.2. The van der Waals surface area contributed by atoms with Crippen molar-refractivity contribution >= 4 is 16.7 Å². The van der Waals surface area contributed by atoms with Crippen molar-refractivity contribution < 1.29 is 13.9 Å². The second-order valence-corrected chi connectivity index (χ2v) is 6.09. The van der Waals surface area contributed by atoms with E-state index in [1.165, 1.54) is 18.2 Å². The van der Waals surface area contributed by atoms with Crippen LogP contribution in [-0.4, -0.2) is 11.0 Å². The van der Waals surface area contributed by atoms with Crippen molar-refractivity contribution in [2.75, 3.05) is 0 Å². The van der Waals surface area contributed by atoms with Crippen LogP contribution in [0.15, 0.2) is 91.1 Å². The maximum atomic E-state index is 14.0. The first-order chi connectivity index (χ1) is 13.2. The summed E-state index contributed by atoms with van der Waals surface area (Å²) in [7, 11) is 0. The van der Waals surface area contributed by atoms with Crippen LogP contribution in [0.1, 0.15) is 27.7 Å². The quantitative estimate of drug-likeness (QED) is 0.464. The van der Waals surface area contributed by atoms with Gasteiger partial charge in [-0.3, -0.25) is 4.98 Å². The maximum Gasteiger partial charge on any atom is 0.342 e. The van der Waals surface area contributed by atoms with E-state index in [9.17, 15) is 9.18 Å². The van der Waals surface area contributed by atoms with Crippen LogP contribution in [0.4, 0.5) is 4.39 Å². The predicted octanol–water partition coefficient (Wildman–Crippen LogP) is 5.32. The number of ether oxygens (including phenoxy) is 1. The smallest absolute Gasteiger partial charge is 0.342 e. The van der Waals surface area contributed by atoms with Gasteiger partial charge >= 0.3 is 5.97 Å². The van der Waals surface area contributed by atoms with E-state index in [1.807, 2.05) is 60.7 Å². The SMILES string of the molecule is O=C(O[C@H](c1ccccc1)c1nccc2ccccc12)c1ccccc1F. The lowest BCUT2D eigenvalue weighted by molar-refractivity contribution is 0.0368. The molecule has 1 aromatic heterocycles. The fraction of sp³-hybridized carbons (Fsp3) is 0.0435. The fourth-order valence-corrected chi connectivity index (χ4v) is 3.06. The van der Waals surface area contributed by atoms with Crippen LogP contribution in [0.5, 0.6) is 0 Å². The molecule has 3 aromatic carbocycles. The molecule has 4 rings (SSSR count). The number of esters is 1. The molecule has 4 heteroatoms. The molecule has 0 spiro atoms. The number of pyridine rings is 1. The Hall–Kier alpha value is -3.53. The van der Waals surface area contributed by atoms with Crippen LogP contribution >= 0.6 is 0 Å². The molecule has 27 heavy (non-hydrogen) atoms. The number of benzene rings is 3. The topological polar surface area (TPSA) is 39.2 Å². The van der Waals surface area contributed by atoms with Crippen molar-refractivity contribution in [3.05, 3.63) is 114 Å². The van der Waals surface area contributed by atoms with Crippen LogP contribution in [0.25, 0.3) is 10.8 Å². The highest BCUT2D eigenvalue weighted by Crippen LogP contribution is 2.31. The lowest BCUT2D eigenvalue weighted by Crippen LogP contribution is -2.15. The lowest BCUT2D eigenvalue weighted by Gasteiger charge is -2.19. The Kier molecular flexibility index (Phi) is 4.62. The molecule has 1 atom stereocenters. The van der Waals surface area contributed by atoms with E-state index in [-0.39, 0.29) is 5.56 Å². The molecule has 0 saturated carbocycles. The Balaban J connectivity index is 1.81. The molecule has 0 bridgehead atoms. The monoisotopic (exact) mass is 357 g/mol. The Morgan fingerprint density at radius 3 is 2.37 bits per heavy atom. The third-order valence-corrected chi connectivity index (χ3v) is 4.37. The minimum Gasteiger partial charge on any atom is -0.447 e. The van der Waals surface area contributed by atoms with Crippen LogP contribution in [0, 0.1) is 5.82 Å². The number of hydrogen-bond acceptors (Lipinski definition) is 3. The van der Waals surface area contributed by atoms with E-state index in [2.05, 4.69) is 4.98 Å². The van der Waals surface area contributed by atoms with Gasteiger partial charge < -0.3 is 4.74 Å². The Labute approximate surface area is 156 Å². The molecule has 4 aromatic rings. The molecule has 0 saturated heterocycles. The largest absolute Gasteiger partial charge is 0.447 e. The van der Waals surface area contributed by atoms with E-state index in [0.29, 0.717) is 5.69 Å². The molecule has 0 aliphatic carbocycles. The number of aromatic nitrogens is 1. The molecule has 3 nitrogen and oxygen atoms in total. The second kappa shape index (κ2) is 7.38. The lowest BCUT2D eigenvalue weighted by atomic mass is 10.0. The standard InChI is InChI=1S/C23H16FNO2/c24-20-13-7-6-12-19(20)23(26)27-22(17-9-2-1-3-10-17)21-18-11-5-4-8-16(18)14-15-25-21/h1-15,22H/t22-/m1/s1. The average molecular weight is 357 g/mol. The molecule has 0 aliphatic rings. The van der Waals surface area contributed by atoms with Crippen molar-refractivity contribution in [2.45, 2.75) is 6.10 Å². The molecule has 0 amide bonds. The van der Waals surface area contributed by atoms with Crippen molar-refractivity contribution in [1.29, 1.82) is 0 Å². The number of carbonyl (C=O) groups is 1. The highest BCUT2D eigenvalue weighted by molar-refractivity contribution is 5.90. The Bertz CT molecular complexity index is 1090. The molecule has 0 radical (unpaired) electrons. The van der Waals surface area contributed by atoms with Crippen molar-refractivity contribution in [3.63, 3.8) is 0 Å². The zero-order chi connectivity index (χ0) is 18.6. The number of rotatable bonds is 4. The first-order valence-corrected chi connectivity index (χ1v) is 8.58. The summed E-state index contributed by atoms with van der Waals surface area (Å²) in [5.41, 5.74) is 1.29. The second-order valence-electron chi connectivity index (χ2n) is 6.09. The summed E-state index contributed by atoms with van der Waals surface area (Å²) >= 11 is 0. The van der Waals surface area contributed by atoms with Gasteiger partial charge in [0.2, 0.25) is 0 Å². The number of halogens is 1. The Morgan fingerprint density at radius 1 is 0.852 bits per heavy atom. The minimum atomic E-state index is -0.746. The third kappa shape index (κ3) is 3.42. The van der Waals surface area contributed by atoms with E-state index in [0.717, 1.165) is 16.3 Å². The van der Waals surface area contributed by atoms with E-state index >= 15 is 0 Å². The first kappa shape index (κ1) is 16.9. The van der Waals surface area contributed by atoms with Crippen molar-refractivity contribution in [3.8, 4) is 0 Å². The first-order valence-electron chi connectivity index (χ1n) is 8.58. The fourth-order valence-electron chi connectivity index (χ4n) is 3.06. The maximum absolute atomic E-state index is 14.0. The van der Waals surface area contributed by atoms with Crippen molar-refractivity contribution in [2.24, 2.45) is 0 Å².